The van der Waals surface area contributed by atoms with Crippen LogP contribution in [0.5, 0.6) is 5.75 Å². The number of hydrogen-bond acceptors (Lipinski definition) is 2. The van der Waals surface area contributed by atoms with E-state index in [-0.39, 0.29) is 5.91 Å². The Morgan fingerprint density at radius 3 is 2.62 bits per heavy atom. The van der Waals surface area contributed by atoms with Crippen molar-refractivity contribution in [2.45, 2.75) is 6.42 Å². The fourth-order valence-corrected chi connectivity index (χ4v) is 2.42. The molecule has 0 saturated carbocycles. The van der Waals surface area contributed by atoms with E-state index in [1.165, 1.54) is 0 Å². The summed E-state index contributed by atoms with van der Waals surface area (Å²) in [5.74, 6) is 0.524. The molecule has 0 aromatic heterocycles. The minimum atomic E-state index is -0.130. The van der Waals surface area contributed by atoms with E-state index in [1.807, 2.05) is 24.3 Å². The minimum Gasteiger partial charge on any atom is -0.497 e. The Kier molecular flexibility index (Phi) is 5.65. The monoisotopic (exact) mass is 367 g/mol. The fraction of sp³-hybridized carbons (Fsp3) is 0.188. The maximum absolute atomic E-state index is 12.2. The van der Waals surface area contributed by atoms with Gasteiger partial charge in [0.2, 0.25) is 0 Å². The molecule has 0 bridgehead atoms. The molecule has 2 rings (SSSR count). The second kappa shape index (κ2) is 7.48. The molecule has 2 aromatic carbocycles. The number of benzene rings is 2. The predicted molar refractivity (Wildman–Crippen MR) is 88.2 cm³/mol. The van der Waals surface area contributed by atoms with E-state index in [4.69, 9.17) is 16.3 Å². The molecular formula is C16H15BrClNO2. The Labute approximate surface area is 137 Å². The van der Waals surface area contributed by atoms with E-state index < -0.39 is 0 Å². The van der Waals surface area contributed by atoms with Gasteiger partial charge in [0.1, 0.15) is 5.75 Å². The minimum absolute atomic E-state index is 0.130. The van der Waals surface area contributed by atoms with Crippen molar-refractivity contribution in [1.29, 1.82) is 0 Å². The Hall–Kier alpha value is -1.52. The third-order valence-electron chi connectivity index (χ3n) is 3.03. The molecule has 0 atom stereocenters. The van der Waals surface area contributed by atoms with Crippen LogP contribution in [0.4, 0.5) is 0 Å². The van der Waals surface area contributed by atoms with Crippen molar-refractivity contribution in [2.24, 2.45) is 0 Å². The molecule has 0 heterocycles. The first-order valence-electron chi connectivity index (χ1n) is 6.46. The summed E-state index contributed by atoms with van der Waals surface area (Å²) >= 11 is 9.21. The van der Waals surface area contributed by atoms with Crippen LogP contribution in [0.2, 0.25) is 5.02 Å². The zero-order valence-electron chi connectivity index (χ0n) is 11.5. The van der Waals surface area contributed by atoms with E-state index >= 15 is 0 Å². The van der Waals surface area contributed by atoms with E-state index in [0.717, 1.165) is 16.5 Å². The summed E-state index contributed by atoms with van der Waals surface area (Å²) in [6, 6.07) is 12.9. The van der Waals surface area contributed by atoms with E-state index in [0.29, 0.717) is 22.9 Å². The molecule has 0 spiro atoms. The zero-order chi connectivity index (χ0) is 15.2. The van der Waals surface area contributed by atoms with Crippen LogP contribution in [-0.4, -0.2) is 19.6 Å². The van der Waals surface area contributed by atoms with Crippen molar-refractivity contribution in [2.75, 3.05) is 13.7 Å². The lowest BCUT2D eigenvalue weighted by atomic mass is 10.1. The van der Waals surface area contributed by atoms with Gasteiger partial charge in [-0.2, -0.15) is 0 Å². The van der Waals surface area contributed by atoms with Crippen LogP contribution >= 0.6 is 27.5 Å². The van der Waals surface area contributed by atoms with Crippen molar-refractivity contribution in [3.63, 3.8) is 0 Å². The highest BCUT2D eigenvalue weighted by Crippen LogP contribution is 2.22. The van der Waals surface area contributed by atoms with Gasteiger partial charge in [0.15, 0.2) is 0 Å². The molecule has 1 amide bonds. The summed E-state index contributed by atoms with van der Waals surface area (Å²) in [4.78, 5) is 12.2. The van der Waals surface area contributed by atoms with Crippen molar-refractivity contribution in [3.8, 4) is 5.75 Å². The summed E-state index contributed by atoms with van der Waals surface area (Å²) in [5.41, 5.74) is 1.69. The van der Waals surface area contributed by atoms with Gasteiger partial charge < -0.3 is 10.1 Å². The number of carbonyl (C=O) groups is 1. The zero-order valence-corrected chi connectivity index (χ0v) is 13.9. The highest BCUT2D eigenvalue weighted by Gasteiger charge is 2.10. The van der Waals surface area contributed by atoms with Crippen molar-refractivity contribution < 1.29 is 9.53 Å². The molecule has 3 nitrogen and oxygen atoms in total. The quantitative estimate of drug-likeness (QED) is 0.863. The molecule has 0 aliphatic rings. The smallest absolute Gasteiger partial charge is 0.252 e. The van der Waals surface area contributed by atoms with Crippen molar-refractivity contribution in [1.82, 2.24) is 5.32 Å². The van der Waals surface area contributed by atoms with Gasteiger partial charge in [-0.05, 0) is 58.2 Å². The van der Waals surface area contributed by atoms with Crippen molar-refractivity contribution >= 4 is 33.4 Å². The second-order valence-electron chi connectivity index (χ2n) is 4.48. The van der Waals surface area contributed by atoms with Crippen LogP contribution < -0.4 is 10.1 Å². The fourth-order valence-electron chi connectivity index (χ4n) is 1.87. The largest absolute Gasteiger partial charge is 0.497 e. The number of methoxy groups -OCH3 is 1. The molecule has 0 unspecified atom stereocenters. The van der Waals surface area contributed by atoms with Gasteiger partial charge in [0.05, 0.1) is 12.7 Å². The average Bonchev–Trinajstić information content (AvgIpc) is 2.49. The Balaban J connectivity index is 1.94. The molecule has 0 aliphatic heterocycles. The first-order chi connectivity index (χ1) is 10.1. The molecule has 21 heavy (non-hydrogen) atoms. The number of ether oxygens (including phenoxy) is 1. The molecule has 0 saturated heterocycles. The van der Waals surface area contributed by atoms with E-state index in [9.17, 15) is 4.79 Å². The molecule has 0 radical (unpaired) electrons. The topological polar surface area (TPSA) is 38.3 Å². The lowest BCUT2D eigenvalue weighted by molar-refractivity contribution is 0.0953. The molecular weight excluding hydrogens is 354 g/mol. The van der Waals surface area contributed by atoms with Crippen LogP contribution in [0.1, 0.15) is 15.9 Å². The van der Waals surface area contributed by atoms with Gasteiger partial charge in [-0.15, -0.1) is 0 Å². The molecule has 110 valence electrons. The number of hydrogen-bond donors (Lipinski definition) is 1. The molecule has 0 aliphatic carbocycles. The summed E-state index contributed by atoms with van der Waals surface area (Å²) in [6.07, 6.45) is 0.754. The molecule has 1 N–H and O–H groups in total. The number of halogens is 2. The normalized spacial score (nSPS) is 10.2. The van der Waals surface area contributed by atoms with Gasteiger partial charge in [0, 0.05) is 16.0 Å². The number of rotatable bonds is 5. The summed E-state index contributed by atoms with van der Waals surface area (Å²) in [7, 11) is 1.57. The van der Waals surface area contributed by atoms with Crippen LogP contribution in [0.3, 0.4) is 0 Å². The number of carbonyl (C=O) groups excluding carboxylic acids is 1. The van der Waals surface area contributed by atoms with Crippen LogP contribution in [-0.2, 0) is 6.42 Å². The van der Waals surface area contributed by atoms with Gasteiger partial charge in [-0.3, -0.25) is 4.79 Å². The summed E-state index contributed by atoms with van der Waals surface area (Å²) in [6.45, 7) is 0.560. The van der Waals surface area contributed by atoms with Gasteiger partial charge in [-0.25, -0.2) is 0 Å². The lowest BCUT2D eigenvalue weighted by Gasteiger charge is -2.09. The lowest BCUT2D eigenvalue weighted by Crippen LogP contribution is -2.26. The van der Waals surface area contributed by atoms with E-state index in [2.05, 4.69) is 21.2 Å². The maximum Gasteiger partial charge on any atom is 0.252 e. The molecule has 5 heteroatoms. The summed E-state index contributed by atoms with van der Waals surface area (Å²) in [5, 5.41) is 3.61. The Morgan fingerprint density at radius 1 is 1.24 bits per heavy atom. The number of amides is 1. The SMILES string of the molecule is COc1ccc(Br)c(C(=O)NCCc2ccc(Cl)cc2)c1. The Morgan fingerprint density at radius 2 is 1.95 bits per heavy atom. The molecule has 2 aromatic rings. The highest BCUT2D eigenvalue weighted by atomic mass is 79.9. The second-order valence-corrected chi connectivity index (χ2v) is 5.77. The number of nitrogens with one attached hydrogen (secondary N) is 1. The van der Waals surface area contributed by atoms with Crippen LogP contribution in [0, 0.1) is 0 Å². The van der Waals surface area contributed by atoms with Crippen LogP contribution in [0.15, 0.2) is 46.9 Å². The van der Waals surface area contributed by atoms with Crippen molar-refractivity contribution in [3.05, 3.63) is 63.1 Å². The third-order valence-corrected chi connectivity index (χ3v) is 3.97. The standard InChI is InChI=1S/C16H15BrClNO2/c1-21-13-6-7-15(17)14(10-13)16(20)19-9-8-11-2-4-12(18)5-3-11/h2-7,10H,8-9H2,1H3,(H,19,20). The maximum atomic E-state index is 12.2. The van der Waals surface area contributed by atoms with Gasteiger partial charge in [-0.1, -0.05) is 23.7 Å². The third kappa shape index (κ3) is 4.48. The first kappa shape index (κ1) is 15.9. The Bertz CT molecular complexity index is 629. The summed E-state index contributed by atoms with van der Waals surface area (Å²) < 4.78 is 5.87. The highest BCUT2D eigenvalue weighted by molar-refractivity contribution is 9.10. The van der Waals surface area contributed by atoms with Crippen LogP contribution in [0.25, 0.3) is 0 Å². The first-order valence-corrected chi connectivity index (χ1v) is 7.63. The van der Waals surface area contributed by atoms with E-state index in [1.54, 1.807) is 25.3 Å². The van der Waals surface area contributed by atoms with Gasteiger partial charge in [0.25, 0.3) is 5.91 Å². The molecule has 0 fully saturated rings. The van der Waals surface area contributed by atoms with Gasteiger partial charge >= 0.3 is 0 Å². The predicted octanol–water partition coefficient (Wildman–Crippen LogP) is 4.08. The average molecular weight is 369 g/mol.